The standard InChI is InChI=1S/C15H23ClN2/c1-11(2)8-13-10-18(12(3)9-17-13)15-7-5-4-6-14(15)16/h4-7,11-13,17H,8-10H2,1-3H3. The molecule has 0 radical (unpaired) electrons. The van der Waals surface area contributed by atoms with Crippen molar-refractivity contribution in [1.29, 1.82) is 0 Å². The Morgan fingerprint density at radius 2 is 2.11 bits per heavy atom. The van der Waals surface area contributed by atoms with Crippen molar-refractivity contribution in [2.24, 2.45) is 5.92 Å². The van der Waals surface area contributed by atoms with Gasteiger partial charge in [-0.25, -0.2) is 0 Å². The zero-order chi connectivity index (χ0) is 13.1. The Kier molecular flexibility index (Phi) is 4.52. The molecule has 1 heterocycles. The fourth-order valence-electron chi connectivity index (χ4n) is 2.68. The minimum atomic E-state index is 0.494. The smallest absolute Gasteiger partial charge is 0.0639 e. The monoisotopic (exact) mass is 266 g/mol. The average molecular weight is 267 g/mol. The van der Waals surface area contributed by atoms with Gasteiger partial charge in [0, 0.05) is 25.2 Å². The van der Waals surface area contributed by atoms with Crippen molar-refractivity contribution in [3.8, 4) is 0 Å². The number of rotatable bonds is 3. The maximum Gasteiger partial charge on any atom is 0.0639 e. The van der Waals surface area contributed by atoms with Crippen LogP contribution in [0.4, 0.5) is 5.69 Å². The largest absolute Gasteiger partial charge is 0.365 e. The summed E-state index contributed by atoms with van der Waals surface area (Å²) in [6.45, 7) is 8.88. The molecule has 100 valence electrons. The van der Waals surface area contributed by atoms with Crippen molar-refractivity contribution in [2.45, 2.75) is 39.3 Å². The number of halogens is 1. The molecule has 2 rings (SSSR count). The average Bonchev–Trinajstić information content (AvgIpc) is 2.32. The van der Waals surface area contributed by atoms with Crippen LogP contribution in [0.2, 0.25) is 5.02 Å². The molecule has 1 N–H and O–H groups in total. The van der Waals surface area contributed by atoms with Gasteiger partial charge in [0.2, 0.25) is 0 Å². The first kappa shape index (κ1) is 13.7. The van der Waals surface area contributed by atoms with E-state index in [9.17, 15) is 0 Å². The van der Waals surface area contributed by atoms with Crippen molar-refractivity contribution in [2.75, 3.05) is 18.0 Å². The van der Waals surface area contributed by atoms with E-state index in [1.54, 1.807) is 0 Å². The number of nitrogens with zero attached hydrogens (tertiary/aromatic N) is 1. The molecule has 1 fully saturated rings. The second-order valence-electron chi connectivity index (χ2n) is 5.69. The molecule has 2 atom stereocenters. The molecule has 0 saturated carbocycles. The molecule has 1 aromatic carbocycles. The molecule has 0 bridgehead atoms. The highest BCUT2D eigenvalue weighted by molar-refractivity contribution is 6.33. The molecule has 0 aromatic heterocycles. The van der Waals surface area contributed by atoms with Gasteiger partial charge in [-0.15, -0.1) is 0 Å². The van der Waals surface area contributed by atoms with Gasteiger partial charge in [-0.3, -0.25) is 0 Å². The summed E-state index contributed by atoms with van der Waals surface area (Å²) in [6.07, 6.45) is 1.22. The van der Waals surface area contributed by atoms with E-state index in [1.165, 1.54) is 12.1 Å². The third-order valence-corrected chi connectivity index (χ3v) is 3.89. The van der Waals surface area contributed by atoms with Gasteiger partial charge in [0.25, 0.3) is 0 Å². The molecule has 1 aromatic rings. The number of piperazine rings is 1. The highest BCUT2D eigenvalue weighted by Crippen LogP contribution is 2.28. The first-order chi connectivity index (χ1) is 8.58. The van der Waals surface area contributed by atoms with E-state index in [4.69, 9.17) is 11.6 Å². The van der Waals surface area contributed by atoms with E-state index in [1.807, 2.05) is 12.1 Å². The second-order valence-corrected chi connectivity index (χ2v) is 6.09. The fraction of sp³-hybridized carbons (Fsp3) is 0.600. The van der Waals surface area contributed by atoms with Gasteiger partial charge in [0.05, 0.1) is 10.7 Å². The van der Waals surface area contributed by atoms with Crippen LogP contribution in [-0.4, -0.2) is 25.2 Å². The van der Waals surface area contributed by atoms with Crippen LogP contribution >= 0.6 is 11.6 Å². The first-order valence-electron chi connectivity index (χ1n) is 6.82. The van der Waals surface area contributed by atoms with E-state index in [0.29, 0.717) is 12.1 Å². The van der Waals surface area contributed by atoms with Crippen molar-refractivity contribution in [3.63, 3.8) is 0 Å². The zero-order valence-corrected chi connectivity index (χ0v) is 12.2. The highest BCUT2D eigenvalue weighted by atomic mass is 35.5. The molecular weight excluding hydrogens is 244 g/mol. The summed E-state index contributed by atoms with van der Waals surface area (Å²) >= 11 is 6.31. The zero-order valence-electron chi connectivity index (χ0n) is 11.5. The molecule has 0 spiro atoms. The number of nitrogens with one attached hydrogen (secondary N) is 1. The van der Waals surface area contributed by atoms with Gasteiger partial charge in [-0.05, 0) is 31.4 Å². The van der Waals surface area contributed by atoms with Crippen LogP contribution in [0.5, 0.6) is 0 Å². The fourth-order valence-corrected chi connectivity index (χ4v) is 2.92. The maximum atomic E-state index is 6.31. The quantitative estimate of drug-likeness (QED) is 0.900. The third kappa shape index (κ3) is 3.18. The Bertz CT molecular complexity index is 392. The normalized spacial score (nSPS) is 24.6. The van der Waals surface area contributed by atoms with Gasteiger partial charge < -0.3 is 10.2 Å². The lowest BCUT2D eigenvalue weighted by atomic mass is 9.99. The summed E-state index contributed by atoms with van der Waals surface area (Å²) in [5, 5.41) is 4.49. The van der Waals surface area contributed by atoms with Crippen LogP contribution in [0.1, 0.15) is 27.2 Å². The number of hydrogen-bond donors (Lipinski definition) is 1. The van der Waals surface area contributed by atoms with Gasteiger partial charge >= 0.3 is 0 Å². The van der Waals surface area contributed by atoms with Crippen molar-refractivity contribution >= 4 is 17.3 Å². The molecule has 3 heteroatoms. The number of hydrogen-bond acceptors (Lipinski definition) is 2. The molecular formula is C15H23ClN2. The van der Waals surface area contributed by atoms with E-state index in [-0.39, 0.29) is 0 Å². The van der Waals surface area contributed by atoms with Gasteiger partial charge in [-0.2, -0.15) is 0 Å². The maximum absolute atomic E-state index is 6.31. The second kappa shape index (κ2) is 5.94. The number of anilines is 1. The van der Waals surface area contributed by atoms with Gasteiger partial charge in [-0.1, -0.05) is 37.6 Å². The van der Waals surface area contributed by atoms with E-state index in [2.05, 4.69) is 43.1 Å². The molecule has 1 aliphatic heterocycles. The lowest BCUT2D eigenvalue weighted by Gasteiger charge is -2.41. The summed E-state index contributed by atoms with van der Waals surface area (Å²) in [5.41, 5.74) is 1.17. The predicted octanol–water partition coefficient (Wildman–Crippen LogP) is 3.55. The lowest BCUT2D eigenvalue weighted by Crippen LogP contribution is -2.56. The number of para-hydroxylation sites is 1. The van der Waals surface area contributed by atoms with Crippen molar-refractivity contribution in [1.82, 2.24) is 5.32 Å². The van der Waals surface area contributed by atoms with Crippen LogP contribution in [0.25, 0.3) is 0 Å². The lowest BCUT2D eigenvalue weighted by molar-refractivity contribution is 0.356. The Morgan fingerprint density at radius 3 is 2.78 bits per heavy atom. The SMILES string of the molecule is CC(C)CC1CN(c2ccccc2Cl)C(C)CN1. The van der Waals surface area contributed by atoms with Crippen LogP contribution in [-0.2, 0) is 0 Å². The Labute approximate surface area is 115 Å². The predicted molar refractivity (Wildman–Crippen MR) is 79.5 cm³/mol. The first-order valence-corrected chi connectivity index (χ1v) is 7.20. The summed E-state index contributed by atoms with van der Waals surface area (Å²) < 4.78 is 0. The Morgan fingerprint density at radius 1 is 1.39 bits per heavy atom. The summed E-state index contributed by atoms with van der Waals surface area (Å²) in [4.78, 5) is 2.44. The molecule has 0 aliphatic carbocycles. The van der Waals surface area contributed by atoms with E-state index < -0.39 is 0 Å². The van der Waals surface area contributed by atoms with Crippen LogP contribution in [0.15, 0.2) is 24.3 Å². The van der Waals surface area contributed by atoms with Gasteiger partial charge in [0.1, 0.15) is 0 Å². The Balaban J connectivity index is 2.13. The Hall–Kier alpha value is -0.730. The molecule has 2 unspecified atom stereocenters. The minimum Gasteiger partial charge on any atom is -0.365 e. The molecule has 1 aliphatic rings. The third-order valence-electron chi connectivity index (χ3n) is 3.57. The van der Waals surface area contributed by atoms with Crippen molar-refractivity contribution < 1.29 is 0 Å². The minimum absolute atomic E-state index is 0.494. The van der Waals surface area contributed by atoms with Crippen LogP contribution in [0.3, 0.4) is 0 Å². The van der Waals surface area contributed by atoms with Crippen LogP contribution in [0, 0.1) is 5.92 Å². The van der Waals surface area contributed by atoms with Crippen molar-refractivity contribution in [3.05, 3.63) is 29.3 Å². The summed E-state index contributed by atoms with van der Waals surface area (Å²) in [5.74, 6) is 0.726. The summed E-state index contributed by atoms with van der Waals surface area (Å²) in [6, 6.07) is 9.21. The summed E-state index contributed by atoms with van der Waals surface area (Å²) in [7, 11) is 0. The van der Waals surface area contributed by atoms with E-state index in [0.717, 1.165) is 24.0 Å². The van der Waals surface area contributed by atoms with Gasteiger partial charge in [0.15, 0.2) is 0 Å². The molecule has 0 amide bonds. The molecule has 18 heavy (non-hydrogen) atoms. The van der Waals surface area contributed by atoms with E-state index >= 15 is 0 Å². The highest BCUT2D eigenvalue weighted by Gasteiger charge is 2.26. The number of benzene rings is 1. The molecule has 2 nitrogen and oxygen atoms in total. The van der Waals surface area contributed by atoms with Crippen LogP contribution < -0.4 is 10.2 Å². The molecule has 1 saturated heterocycles. The topological polar surface area (TPSA) is 15.3 Å².